The lowest BCUT2D eigenvalue weighted by molar-refractivity contribution is -0.133. The summed E-state index contributed by atoms with van der Waals surface area (Å²) >= 11 is 0. The number of carbonyl (C=O) groups is 2. The molecule has 3 heterocycles. The second-order valence-electron chi connectivity index (χ2n) is 9.75. The van der Waals surface area contributed by atoms with E-state index in [1.807, 2.05) is 12.1 Å². The lowest BCUT2D eigenvalue weighted by Gasteiger charge is -2.22. The Kier molecular flexibility index (Phi) is 7.72. The Bertz CT molecular complexity index is 1350. The van der Waals surface area contributed by atoms with E-state index < -0.39 is 34.6 Å². The van der Waals surface area contributed by atoms with E-state index >= 15 is 0 Å². The third kappa shape index (κ3) is 5.55. The Morgan fingerprint density at radius 1 is 0.846 bits per heavy atom. The molecule has 5 rings (SSSR count). The summed E-state index contributed by atoms with van der Waals surface area (Å²) in [6, 6.07) is 12.6. The van der Waals surface area contributed by atoms with Crippen LogP contribution in [0.3, 0.4) is 0 Å². The summed E-state index contributed by atoms with van der Waals surface area (Å²) in [6.45, 7) is 1.92. The van der Waals surface area contributed by atoms with Gasteiger partial charge < -0.3 is 19.3 Å². The molecule has 1 aromatic heterocycles. The summed E-state index contributed by atoms with van der Waals surface area (Å²) in [5, 5.41) is 0. The average molecular weight is 540 g/mol. The Labute approximate surface area is 224 Å². The van der Waals surface area contributed by atoms with Gasteiger partial charge in [0.05, 0.1) is 12.7 Å². The smallest absolute Gasteiger partial charge is 0.272 e. The number of methoxy groups -OCH3 is 1. The van der Waals surface area contributed by atoms with Crippen molar-refractivity contribution >= 4 is 11.8 Å². The van der Waals surface area contributed by atoms with Gasteiger partial charge in [0.25, 0.3) is 11.8 Å². The molecule has 0 spiro atoms. The monoisotopic (exact) mass is 539 g/mol. The Morgan fingerprint density at radius 3 is 2.13 bits per heavy atom. The van der Waals surface area contributed by atoms with Gasteiger partial charge in [0.2, 0.25) is 0 Å². The first-order valence-corrected chi connectivity index (χ1v) is 12.8. The third-order valence-electron chi connectivity index (χ3n) is 7.44. The van der Waals surface area contributed by atoms with Crippen LogP contribution in [-0.4, -0.2) is 66.5 Å². The normalized spacial score (nSPS) is 18.9. The summed E-state index contributed by atoms with van der Waals surface area (Å²) in [6.07, 6.45) is 1.44. The minimum absolute atomic E-state index is 0.0733. The summed E-state index contributed by atoms with van der Waals surface area (Å²) in [4.78, 5) is 33.5. The van der Waals surface area contributed by atoms with E-state index in [1.54, 1.807) is 29.0 Å². The van der Waals surface area contributed by atoms with E-state index in [0.717, 1.165) is 31.0 Å². The molecule has 39 heavy (non-hydrogen) atoms. The van der Waals surface area contributed by atoms with Crippen molar-refractivity contribution in [3.63, 3.8) is 0 Å². The number of ether oxygens (including phenoxy) is 2. The van der Waals surface area contributed by atoms with Crippen molar-refractivity contribution in [2.75, 3.05) is 39.9 Å². The Balaban J connectivity index is 1.21. The Morgan fingerprint density at radius 2 is 1.49 bits per heavy atom. The quantitative estimate of drug-likeness (QED) is 0.459. The molecule has 0 unspecified atom stereocenters. The summed E-state index contributed by atoms with van der Waals surface area (Å²) < 4.78 is 53.9. The average Bonchev–Trinajstić information content (AvgIpc) is 3.24. The zero-order valence-electron chi connectivity index (χ0n) is 21.4. The lowest BCUT2D eigenvalue weighted by atomic mass is 9.92. The van der Waals surface area contributed by atoms with E-state index in [1.165, 1.54) is 12.1 Å². The maximum Gasteiger partial charge on any atom is 0.272 e. The first-order valence-electron chi connectivity index (χ1n) is 12.8. The zero-order valence-corrected chi connectivity index (χ0v) is 21.4. The molecule has 7 nitrogen and oxygen atoms in total. The largest absolute Gasteiger partial charge is 0.493 e. The van der Waals surface area contributed by atoms with Crippen LogP contribution in [0.25, 0.3) is 11.3 Å². The number of rotatable bonds is 6. The number of pyridine rings is 1. The summed E-state index contributed by atoms with van der Waals surface area (Å²) in [5.74, 6) is -1.93. The fourth-order valence-electron chi connectivity index (χ4n) is 5.35. The number of halogens is 3. The predicted molar refractivity (Wildman–Crippen MR) is 137 cm³/mol. The highest BCUT2D eigenvalue weighted by Gasteiger charge is 2.38. The van der Waals surface area contributed by atoms with Crippen LogP contribution in [0.2, 0.25) is 0 Å². The number of nitrogens with zero attached hydrogens (tertiary/aromatic N) is 3. The molecule has 2 aliphatic heterocycles. The number of hydrogen-bond acceptors (Lipinski definition) is 5. The van der Waals surface area contributed by atoms with Crippen LogP contribution >= 0.6 is 0 Å². The van der Waals surface area contributed by atoms with E-state index in [9.17, 15) is 22.8 Å². The Hall–Kier alpha value is -4.08. The van der Waals surface area contributed by atoms with Crippen molar-refractivity contribution in [3.8, 4) is 22.8 Å². The molecule has 0 saturated carbocycles. The van der Waals surface area contributed by atoms with Gasteiger partial charge in [0.15, 0.2) is 18.1 Å². The molecule has 0 bridgehead atoms. The van der Waals surface area contributed by atoms with Crippen molar-refractivity contribution in [1.82, 2.24) is 14.8 Å². The zero-order chi connectivity index (χ0) is 27.5. The molecule has 10 heteroatoms. The van der Waals surface area contributed by atoms with Crippen molar-refractivity contribution in [2.24, 2.45) is 11.8 Å². The van der Waals surface area contributed by atoms with E-state index in [-0.39, 0.29) is 30.0 Å². The first kappa shape index (κ1) is 26.5. The summed E-state index contributed by atoms with van der Waals surface area (Å²) in [7, 11) is 1.54. The van der Waals surface area contributed by atoms with Gasteiger partial charge >= 0.3 is 0 Å². The number of aromatic nitrogens is 1. The van der Waals surface area contributed by atoms with Gasteiger partial charge in [0.1, 0.15) is 28.8 Å². The SMILES string of the molecule is COc1ccccc1OCC(=O)N1CC[C@@H]2CN(C(=O)c3ccc(F)c(-c4c(F)cccc4F)n3)C[C@@H]2CC1. The highest BCUT2D eigenvalue weighted by molar-refractivity contribution is 5.93. The highest BCUT2D eigenvalue weighted by Crippen LogP contribution is 2.33. The number of likely N-dealkylation sites (tertiary alicyclic amines) is 2. The maximum absolute atomic E-state index is 14.5. The molecule has 2 fully saturated rings. The summed E-state index contributed by atoms with van der Waals surface area (Å²) in [5.41, 5.74) is -1.21. The van der Waals surface area contributed by atoms with Crippen LogP contribution in [0.15, 0.2) is 54.6 Å². The predicted octanol–water partition coefficient (Wildman–Crippen LogP) is 4.56. The number of fused-ring (bicyclic) bond motifs is 1. The van der Waals surface area contributed by atoms with Gasteiger partial charge in [0, 0.05) is 26.2 Å². The lowest BCUT2D eigenvalue weighted by Crippen LogP contribution is -2.37. The van der Waals surface area contributed by atoms with Gasteiger partial charge in [-0.2, -0.15) is 0 Å². The number of carbonyl (C=O) groups excluding carboxylic acids is 2. The van der Waals surface area contributed by atoms with Gasteiger partial charge in [-0.1, -0.05) is 18.2 Å². The van der Waals surface area contributed by atoms with Crippen LogP contribution in [0.1, 0.15) is 23.3 Å². The van der Waals surface area contributed by atoms with E-state index in [0.29, 0.717) is 37.7 Å². The van der Waals surface area contributed by atoms with Crippen LogP contribution in [-0.2, 0) is 4.79 Å². The first-order chi connectivity index (χ1) is 18.9. The third-order valence-corrected chi connectivity index (χ3v) is 7.44. The van der Waals surface area contributed by atoms with Crippen LogP contribution < -0.4 is 9.47 Å². The second-order valence-corrected chi connectivity index (χ2v) is 9.75. The maximum atomic E-state index is 14.5. The van der Waals surface area contributed by atoms with Gasteiger partial charge in [-0.15, -0.1) is 0 Å². The molecule has 0 radical (unpaired) electrons. The molecule has 2 atom stereocenters. The fraction of sp³-hybridized carbons (Fsp3) is 0.345. The molecular formula is C29H28F3N3O4. The molecule has 2 saturated heterocycles. The minimum Gasteiger partial charge on any atom is -0.493 e. The number of hydrogen-bond donors (Lipinski definition) is 0. The van der Waals surface area contributed by atoms with Crippen LogP contribution in [0.4, 0.5) is 13.2 Å². The van der Waals surface area contributed by atoms with E-state index in [2.05, 4.69) is 4.98 Å². The van der Waals surface area contributed by atoms with Crippen LogP contribution in [0, 0.1) is 29.3 Å². The molecular weight excluding hydrogens is 511 g/mol. The van der Waals surface area contributed by atoms with Crippen molar-refractivity contribution in [3.05, 3.63) is 77.7 Å². The van der Waals surface area contributed by atoms with Gasteiger partial charge in [-0.05, 0) is 61.1 Å². The molecule has 0 aliphatic carbocycles. The van der Waals surface area contributed by atoms with Crippen LogP contribution in [0.5, 0.6) is 11.5 Å². The molecule has 2 aliphatic rings. The molecule has 3 aromatic rings. The molecule has 2 amide bonds. The van der Waals surface area contributed by atoms with Gasteiger partial charge in [-0.25, -0.2) is 18.2 Å². The molecule has 2 aromatic carbocycles. The number of amides is 2. The highest BCUT2D eigenvalue weighted by atomic mass is 19.1. The topological polar surface area (TPSA) is 72.0 Å². The molecule has 0 N–H and O–H groups in total. The second kappa shape index (κ2) is 11.3. The van der Waals surface area contributed by atoms with Crippen molar-refractivity contribution in [2.45, 2.75) is 12.8 Å². The molecule has 204 valence electrons. The van der Waals surface area contributed by atoms with Crippen molar-refractivity contribution in [1.29, 1.82) is 0 Å². The number of para-hydroxylation sites is 2. The standard InChI is InChI=1S/C29H28F3N3O4/c1-38-24-7-2-3-8-25(24)39-17-26(36)34-13-11-18-15-35(16-19(18)12-14-34)29(37)23-10-9-22(32)28(33-23)27-20(30)5-4-6-21(27)31/h2-10,18-19H,11-17H2,1H3/t18-,19+. The number of benzene rings is 2. The minimum atomic E-state index is -0.957. The van der Waals surface area contributed by atoms with Crippen molar-refractivity contribution < 1.29 is 32.2 Å². The van der Waals surface area contributed by atoms with Gasteiger partial charge in [-0.3, -0.25) is 9.59 Å². The fourth-order valence-corrected chi connectivity index (χ4v) is 5.35. The van der Waals surface area contributed by atoms with E-state index in [4.69, 9.17) is 9.47 Å².